The van der Waals surface area contributed by atoms with Crippen LogP contribution in [0.25, 0.3) is 0 Å². The molecule has 1 fully saturated rings. The summed E-state index contributed by atoms with van der Waals surface area (Å²) in [5, 5.41) is 0. The summed E-state index contributed by atoms with van der Waals surface area (Å²) in [6, 6.07) is 11.9. The van der Waals surface area contributed by atoms with E-state index in [-0.39, 0.29) is 0 Å². The summed E-state index contributed by atoms with van der Waals surface area (Å²) >= 11 is 0. The van der Waals surface area contributed by atoms with Crippen LogP contribution in [0.1, 0.15) is 37.7 Å². The summed E-state index contributed by atoms with van der Waals surface area (Å²) in [6.45, 7) is 0.884. The molecular formula is C16H23N3. The molecule has 0 spiro atoms. The van der Waals surface area contributed by atoms with Gasteiger partial charge in [-0.15, -0.1) is 0 Å². The van der Waals surface area contributed by atoms with Crippen molar-refractivity contribution < 1.29 is 0 Å². The zero-order valence-corrected chi connectivity index (χ0v) is 11.5. The molecule has 0 saturated heterocycles. The molecule has 1 aliphatic heterocycles. The Morgan fingerprint density at radius 2 is 1.89 bits per heavy atom. The minimum atomic E-state index is 0.517. The molecule has 102 valence electrons. The highest BCUT2D eigenvalue weighted by Crippen LogP contribution is 2.28. The second-order valence-electron chi connectivity index (χ2n) is 5.72. The van der Waals surface area contributed by atoms with E-state index in [0.29, 0.717) is 12.1 Å². The van der Waals surface area contributed by atoms with Crippen molar-refractivity contribution in [2.24, 2.45) is 10.7 Å². The van der Waals surface area contributed by atoms with Gasteiger partial charge >= 0.3 is 0 Å². The second kappa shape index (κ2) is 5.64. The highest BCUT2D eigenvalue weighted by atomic mass is 15.3. The average Bonchev–Trinajstić information content (AvgIpc) is 3.07. The van der Waals surface area contributed by atoms with E-state index in [2.05, 4.69) is 40.2 Å². The van der Waals surface area contributed by atoms with Crippen LogP contribution in [-0.4, -0.2) is 29.5 Å². The van der Waals surface area contributed by atoms with E-state index in [0.717, 1.165) is 25.3 Å². The molecule has 3 heteroatoms. The number of aryl methyl sites for hydroxylation is 1. The molecule has 1 aromatic carbocycles. The Labute approximate surface area is 115 Å². The maximum atomic E-state index is 6.09. The first-order chi connectivity index (χ1) is 9.34. The number of nitrogens with zero attached hydrogens (tertiary/aromatic N) is 2. The van der Waals surface area contributed by atoms with Crippen molar-refractivity contribution >= 4 is 5.96 Å². The molecule has 0 bridgehead atoms. The first-order valence-corrected chi connectivity index (χ1v) is 7.47. The van der Waals surface area contributed by atoms with Crippen molar-refractivity contribution in [3.63, 3.8) is 0 Å². The van der Waals surface area contributed by atoms with Gasteiger partial charge in [0.2, 0.25) is 0 Å². The standard InChI is InChI=1S/C16H23N3/c17-16-18-12-15(19(16)14-8-4-5-9-14)11-10-13-6-2-1-3-7-13/h1-3,6-7,14-15H,4-5,8-12H2,(H2,17,18). The molecule has 1 aliphatic carbocycles. The molecule has 1 aromatic rings. The quantitative estimate of drug-likeness (QED) is 0.900. The van der Waals surface area contributed by atoms with Gasteiger partial charge in [-0.1, -0.05) is 43.2 Å². The van der Waals surface area contributed by atoms with Crippen LogP contribution >= 0.6 is 0 Å². The summed E-state index contributed by atoms with van der Waals surface area (Å²) in [7, 11) is 0. The summed E-state index contributed by atoms with van der Waals surface area (Å²) in [5.74, 6) is 0.782. The van der Waals surface area contributed by atoms with Crippen LogP contribution in [0.5, 0.6) is 0 Å². The average molecular weight is 257 g/mol. The molecule has 2 aliphatic rings. The van der Waals surface area contributed by atoms with E-state index in [4.69, 9.17) is 5.73 Å². The Morgan fingerprint density at radius 3 is 2.63 bits per heavy atom. The number of hydrogen-bond donors (Lipinski definition) is 1. The molecule has 0 radical (unpaired) electrons. The largest absolute Gasteiger partial charge is 0.370 e. The topological polar surface area (TPSA) is 41.6 Å². The smallest absolute Gasteiger partial charge is 0.191 e. The van der Waals surface area contributed by atoms with E-state index in [1.807, 2.05) is 0 Å². The van der Waals surface area contributed by atoms with Gasteiger partial charge < -0.3 is 10.6 Å². The van der Waals surface area contributed by atoms with Gasteiger partial charge in [0.1, 0.15) is 0 Å². The first kappa shape index (κ1) is 12.5. The summed E-state index contributed by atoms with van der Waals surface area (Å²) < 4.78 is 0. The summed E-state index contributed by atoms with van der Waals surface area (Å²) in [6.07, 6.45) is 7.55. The van der Waals surface area contributed by atoms with Crippen molar-refractivity contribution in [3.8, 4) is 0 Å². The molecule has 1 heterocycles. The van der Waals surface area contributed by atoms with Crippen LogP contribution in [0.4, 0.5) is 0 Å². The molecule has 1 atom stereocenters. The normalized spacial score (nSPS) is 23.9. The molecule has 2 N–H and O–H groups in total. The zero-order chi connectivity index (χ0) is 13.1. The van der Waals surface area contributed by atoms with Gasteiger partial charge in [-0.3, -0.25) is 4.99 Å². The van der Waals surface area contributed by atoms with Crippen molar-refractivity contribution in [3.05, 3.63) is 35.9 Å². The van der Waals surface area contributed by atoms with Gasteiger partial charge in [0.25, 0.3) is 0 Å². The predicted molar refractivity (Wildman–Crippen MR) is 79.1 cm³/mol. The number of guanidine groups is 1. The van der Waals surface area contributed by atoms with Crippen molar-refractivity contribution in [1.29, 1.82) is 0 Å². The van der Waals surface area contributed by atoms with Gasteiger partial charge in [-0.25, -0.2) is 0 Å². The van der Waals surface area contributed by atoms with E-state index in [1.54, 1.807) is 0 Å². The van der Waals surface area contributed by atoms with Gasteiger partial charge in [0, 0.05) is 6.04 Å². The number of rotatable bonds is 4. The molecule has 3 nitrogen and oxygen atoms in total. The van der Waals surface area contributed by atoms with Gasteiger partial charge in [-0.2, -0.15) is 0 Å². The van der Waals surface area contributed by atoms with Crippen LogP contribution < -0.4 is 5.73 Å². The third-order valence-corrected chi connectivity index (χ3v) is 4.45. The molecule has 1 saturated carbocycles. The lowest BCUT2D eigenvalue weighted by Gasteiger charge is -2.32. The Balaban J connectivity index is 1.61. The van der Waals surface area contributed by atoms with Crippen LogP contribution in [0.15, 0.2) is 35.3 Å². The fourth-order valence-corrected chi connectivity index (χ4v) is 3.43. The van der Waals surface area contributed by atoms with E-state index in [1.165, 1.54) is 31.2 Å². The van der Waals surface area contributed by atoms with Crippen LogP contribution in [-0.2, 0) is 6.42 Å². The Kier molecular flexibility index (Phi) is 3.72. The lowest BCUT2D eigenvalue weighted by Crippen LogP contribution is -2.46. The lowest BCUT2D eigenvalue weighted by molar-refractivity contribution is 0.249. The highest BCUT2D eigenvalue weighted by Gasteiger charge is 2.33. The second-order valence-corrected chi connectivity index (χ2v) is 5.72. The van der Waals surface area contributed by atoms with Crippen LogP contribution in [0.2, 0.25) is 0 Å². The van der Waals surface area contributed by atoms with Crippen LogP contribution in [0, 0.1) is 0 Å². The molecule has 1 unspecified atom stereocenters. The summed E-state index contributed by atoms with van der Waals surface area (Å²) in [5.41, 5.74) is 7.51. The SMILES string of the molecule is NC1=NCC(CCc2ccccc2)N1C1CCCC1. The minimum Gasteiger partial charge on any atom is -0.370 e. The number of benzene rings is 1. The Morgan fingerprint density at radius 1 is 1.16 bits per heavy atom. The number of hydrogen-bond acceptors (Lipinski definition) is 3. The fraction of sp³-hybridized carbons (Fsp3) is 0.562. The molecular weight excluding hydrogens is 234 g/mol. The van der Waals surface area contributed by atoms with Crippen molar-refractivity contribution in [1.82, 2.24) is 4.90 Å². The zero-order valence-electron chi connectivity index (χ0n) is 11.5. The van der Waals surface area contributed by atoms with Crippen molar-refractivity contribution in [2.45, 2.75) is 50.6 Å². The number of aliphatic imine (C=N–C) groups is 1. The monoisotopic (exact) mass is 257 g/mol. The molecule has 19 heavy (non-hydrogen) atoms. The minimum absolute atomic E-state index is 0.517. The predicted octanol–water partition coefficient (Wildman–Crippen LogP) is 2.56. The highest BCUT2D eigenvalue weighted by molar-refractivity contribution is 5.80. The maximum Gasteiger partial charge on any atom is 0.191 e. The van der Waals surface area contributed by atoms with Gasteiger partial charge in [0.15, 0.2) is 5.96 Å². The maximum absolute atomic E-state index is 6.09. The van der Waals surface area contributed by atoms with E-state index < -0.39 is 0 Å². The molecule has 3 rings (SSSR count). The lowest BCUT2D eigenvalue weighted by atomic mass is 10.0. The third kappa shape index (κ3) is 2.75. The summed E-state index contributed by atoms with van der Waals surface area (Å²) in [4.78, 5) is 6.89. The van der Waals surface area contributed by atoms with Crippen molar-refractivity contribution in [2.75, 3.05) is 6.54 Å². The van der Waals surface area contributed by atoms with Gasteiger partial charge in [0.05, 0.1) is 12.6 Å². The van der Waals surface area contributed by atoms with E-state index in [9.17, 15) is 0 Å². The number of nitrogens with two attached hydrogens (primary N) is 1. The molecule has 0 amide bonds. The third-order valence-electron chi connectivity index (χ3n) is 4.45. The Hall–Kier alpha value is -1.51. The van der Waals surface area contributed by atoms with Crippen LogP contribution in [0.3, 0.4) is 0 Å². The molecule has 0 aromatic heterocycles. The van der Waals surface area contributed by atoms with E-state index >= 15 is 0 Å². The Bertz CT molecular complexity index is 435. The first-order valence-electron chi connectivity index (χ1n) is 7.47. The fourth-order valence-electron chi connectivity index (χ4n) is 3.43. The van der Waals surface area contributed by atoms with Gasteiger partial charge in [-0.05, 0) is 31.2 Å².